The molecule has 1 aromatic rings. The molecule has 2 rings (SSSR count). The lowest BCUT2D eigenvalue weighted by atomic mass is 10.2. The largest absolute Gasteiger partial charge is 0.352 e. The van der Waals surface area contributed by atoms with Gasteiger partial charge in [0.05, 0.1) is 0 Å². The smallest absolute Gasteiger partial charge is 0.342 e. The SMILES string of the molecule is CN(CC1CCCN1)c1n[nH]c(=O)[nH]c1=O. The number of hydrogen-bond acceptors (Lipinski definition) is 5. The van der Waals surface area contributed by atoms with Gasteiger partial charge in [-0.15, -0.1) is 5.10 Å². The van der Waals surface area contributed by atoms with Gasteiger partial charge < -0.3 is 10.2 Å². The van der Waals surface area contributed by atoms with Crippen molar-refractivity contribution >= 4 is 5.82 Å². The molecule has 0 aliphatic carbocycles. The van der Waals surface area contributed by atoms with Crippen LogP contribution < -0.4 is 21.5 Å². The Hall–Kier alpha value is -1.63. The number of rotatable bonds is 3. The van der Waals surface area contributed by atoms with Crippen LogP contribution >= 0.6 is 0 Å². The van der Waals surface area contributed by atoms with Crippen LogP contribution in [0.4, 0.5) is 5.82 Å². The molecule has 3 N–H and O–H groups in total. The monoisotopic (exact) mass is 225 g/mol. The van der Waals surface area contributed by atoms with E-state index in [1.165, 1.54) is 0 Å². The number of anilines is 1. The van der Waals surface area contributed by atoms with Gasteiger partial charge in [0, 0.05) is 19.6 Å². The molecule has 1 fully saturated rings. The van der Waals surface area contributed by atoms with Gasteiger partial charge in [-0.3, -0.25) is 9.78 Å². The summed E-state index contributed by atoms with van der Waals surface area (Å²) < 4.78 is 0. The minimum absolute atomic E-state index is 0.244. The van der Waals surface area contributed by atoms with Gasteiger partial charge in [0.1, 0.15) is 0 Å². The van der Waals surface area contributed by atoms with Crippen molar-refractivity contribution in [2.24, 2.45) is 0 Å². The first-order valence-electron chi connectivity index (χ1n) is 5.30. The zero-order valence-corrected chi connectivity index (χ0v) is 9.12. The van der Waals surface area contributed by atoms with Crippen LogP contribution in [0.2, 0.25) is 0 Å². The fourth-order valence-electron chi connectivity index (χ4n) is 1.93. The maximum absolute atomic E-state index is 11.5. The van der Waals surface area contributed by atoms with Crippen molar-refractivity contribution in [1.82, 2.24) is 20.5 Å². The second-order valence-electron chi connectivity index (χ2n) is 4.00. The number of nitrogens with one attached hydrogen (secondary N) is 3. The highest BCUT2D eigenvalue weighted by Crippen LogP contribution is 2.08. The summed E-state index contributed by atoms with van der Waals surface area (Å²) in [5.74, 6) is 0.244. The standard InChI is InChI=1S/C9H15N5O2/c1-14(5-6-3-2-4-10-6)7-8(15)11-9(16)13-12-7/h6,10H,2-5H2,1H3,(H2,11,13,15,16). The predicted octanol–water partition coefficient (Wildman–Crippen LogP) is -1.35. The van der Waals surface area contributed by atoms with Crippen molar-refractivity contribution in [3.05, 3.63) is 20.8 Å². The molecule has 1 unspecified atom stereocenters. The van der Waals surface area contributed by atoms with E-state index in [0.29, 0.717) is 12.6 Å². The second kappa shape index (κ2) is 4.48. The molecule has 16 heavy (non-hydrogen) atoms. The van der Waals surface area contributed by atoms with Crippen LogP contribution in [0.5, 0.6) is 0 Å². The van der Waals surface area contributed by atoms with Crippen molar-refractivity contribution in [2.45, 2.75) is 18.9 Å². The van der Waals surface area contributed by atoms with Gasteiger partial charge in [-0.05, 0) is 19.4 Å². The zero-order valence-electron chi connectivity index (χ0n) is 9.12. The summed E-state index contributed by atoms with van der Waals surface area (Å²) in [5, 5.41) is 9.29. The molecule has 1 saturated heterocycles. The third-order valence-electron chi connectivity index (χ3n) is 2.71. The van der Waals surface area contributed by atoms with Crippen molar-refractivity contribution in [3.63, 3.8) is 0 Å². The molecule has 0 saturated carbocycles. The highest BCUT2D eigenvalue weighted by atomic mass is 16.2. The van der Waals surface area contributed by atoms with E-state index in [0.717, 1.165) is 19.4 Å². The fraction of sp³-hybridized carbons (Fsp3) is 0.667. The lowest BCUT2D eigenvalue weighted by molar-refractivity contribution is 0.593. The molecule has 1 aliphatic heterocycles. The summed E-state index contributed by atoms with van der Waals surface area (Å²) in [4.78, 5) is 26.2. The zero-order chi connectivity index (χ0) is 11.5. The fourth-order valence-corrected chi connectivity index (χ4v) is 1.93. The Morgan fingerprint density at radius 3 is 2.94 bits per heavy atom. The summed E-state index contributed by atoms with van der Waals surface area (Å²) >= 11 is 0. The summed E-state index contributed by atoms with van der Waals surface area (Å²) in [6.45, 7) is 1.73. The highest BCUT2D eigenvalue weighted by molar-refractivity contribution is 5.32. The van der Waals surface area contributed by atoms with Crippen LogP contribution in [-0.4, -0.2) is 41.4 Å². The lowest BCUT2D eigenvalue weighted by Gasteiger charge is -2.20. The number of H-pyrrole nitrogens is 2. The van der Waals surface area contributed by atoms with E-state index in [2.05, 4.69) is 20.5 Å². The van der Waals surface area contributed by atoms with E-state index < -0.39 is 11.2 Å². The molecule has 1 atom stereocenters. The number of aromatic amines is 2. The van der Waals surface area contributed by atoms with Crippen molar-refractivity contribution in [2.75, 3.05) is 25.0 Å². The van der Waals surface area contributed by atoms with Crippen molar-refractivity contribution in [1.29, 1.82) is 0 Å². The van der Waals surface area contributed by atoms with Crippen LogP contribution in [0.1, 0.15) is 12.8 Å². The van der Waals surface area contributed by atoms with Crippen LogP contribution in [0, 0.1) is 0 Å². The predicted molar refractivity (Wildman–Crippen MR) is 59.8 cm³/mol. The van der Waals surface area contributed by atoms with E-state index in [1.54, 1.807) is 11.9 Å². The minimum atomic E-state index is -0.582. The molecule has 0 radical (unpaired) electrons. The summed E-state index contributed by atoms with van der Waals surface area (Å²) in [7, 11) is 1.79. The molecule has 0 aromatic carbocycles. The molecule has 0 amide bonds. The third-order valence-corrected chi connectivity index (χ3v) is 2.71. The molecule has 88 valence electrons. The number of aromatic nitrogens is 3. The van der Waals surface area contributed by atoms with E-state index in [-0.39, 0.29) is 5.82 Å². The van der Waals surface area contributed by atoms with Crippen LogP contribution in [-0.2, 0) is 0 Å². The first kappa shape index (κ1) is 10.9. The van der Waals surface area contributed by atoms with Gasteiger partial charge in [0.25, 0.3) is 5.56 Å². The molecule has 2 heterocycles. The highest BCUT2D eigenvalue weighted by Gasteiger charge is 2.18. The number of likely N-dealkylation sites (N-methyl/N-ethyl adjacent to an activating group) is 1. The Bertz CT molecular complexity index is 459. The van der Waals surface area contributed by atoms with E-state index >= 15 is 0 Å². The number of nitrogens with zero attached hydrogens (tertiary/aromatic N) is 2. The molecule has 1 aliphatic rings. The van der Waals surface area contributed by atoms with Gasteiger partial charge in [0.15, 0.2) is 0 Å². The summed E-state index contributed by atoms with van der Waals surface area (Å²) in [6.07, 6.45) is 2.26. The molecular weight excluding hydrogens is 210 g/mol. The van der Waals surface area contributed by atoms with E-state index in [1.807, 2.05) is 0 Å². The quantitative estimate of drug-likeness (QED) is 0.591. The summed E-state index contributed by atoms with van der Waals surface area (Å²) in [6, 6.07) is 0.387. The Balaban J connectivity index is 2.10. The van der Waals surface area contributed by atoms with E-state index in [9.17, 15) is 9.59 Å². The van der Waals surface area contributed by atoms with Crippen LogP contribution in [0.25, 0.3) is 0 Å². The Morgan fingerprint density at radius 2 is 2.31 bits per heavy atom. The van der Waals surface area contributed by atoms with Gasteiger partial charge in [-0.2, -0.15) is 0 Å². The van der Waals surface area contributed by atoms with Gasteiger partial charge in [-0.25, -0.2) is 9.89 Å². The average molecular weight is 225 g/mol. The van der Waals surface area contributed by atoms with Gasteiger partial charge >= 0.3 is 5.69 Å². The maximum atomic E-state index is 11.5. The maximum Gasteiger partial charge on any atom is 0.342 e. The Kier molecular flexibility index (Phi) is 3.04. The average Bonchev–Trinajstić information content (AvgIpc) is 2.70. The third kappa shape index (κ3) is 2.30. The molecule has 0 bridgehead atoms. The van der Waals surface area contributed by atoms with Crippen molar-refractivity contribution < 1.29 is 0 Å². The van der Waals surface area contributed by atoms with Gasteiger partial charge in [-0.1, -0.05) is 0 Å². The Labute approximate surface area is 91.9 Å². The first-order chi connectivity index (χ1) is 7.66. The lowest BCUT2D eigenvalue weighted by Crippen LogP contribution is -2.39. The Morgan fingerprint density at radius 1 is 1.50 bits per heavy atom. The topological polar surface area (TPSA) is 93.9 Å². The molecule has 7 nitrogen and oxygen atoms in total. The molecular formula is C9H15N5O2. The molecule has 0 spiro atoms. The molecule has 7 heteroatoms. The number of hydrogen-bond donors (Lipinski definition) is 3. The first-order valence-corrected chi connectivity index (χ1v) is 5.30. The second-order valence-corrected chi connectivity index (χ2v) is 4.00. The normalized spacial score (nSPS) is 19.9. The molecule has 1 aromatic heterocycles. The van der Waals surface area contributed by atoms with Crippen molar-refractivity contribution in [3.8, 4) is 0 Å². The summed E-state index contributed by atoms with van der Waals surface area (Å²) in [5.41, 5.74) is -1.04. The van der Waals surface area contributed by atoms with E-state index in [4.69, 9.17) is 0 Å². The van der Waals surface area contributed by atoms with Gasteiger partial charge in [0.2, 0.25) is 5.82 Å². The van der Waals surface area contributed by atoms with Crippen LogP contribution in [0.3, 0.4) is 0 Å². The minimum Gasteiger partial charge on any atom is -0.352 e. The van der Waals surface area contributed by atoms with Crippen LogP contribution in [0.15, 0.2) is 9.59 Å².